The highest BCUT2D eigenvalue weighted by atomic mass is 19.1. The number of aromatic amines is 1. The molecule has 4 heterocycles. The van der Waals surface area contributed by atoms with Crippen molar-refractivity contribution >= 4 is 11.9 Å². The highest BCUT2D eigenvalue weighted by Crippen LogP contribution is 2.37. The molecule has 2 aliphatic heterocycles. The first-order chi connectivity index (χ1) is 18.4. The van der Waals surface area contributed by atoms with Crippen LogP contribution in [0, 0.1) is 17.2 Å². The highest BCUT2D eigenvalue weighted by molar-refractivity contribution is 5.83. The van der Waals surface area contributed by atoms with Gasteiger partial charge in [0.25, 0.3) is 0 Å². The summed E-state index contributed by atoms with van der Waals surface area (Å²) >= 11 is 0. The molecule has 2 fully saturated rings. The van der Waals surface area contributed by atoms with Crippen LogP contribution in [0.4, 0.5) is 4.39 Å². The Bertz CT molecular complexity index is 1260. The van der Waals surface area contributed by atoms with Crippen molar-refractivity contribution < 1.29 is 28.2 Å². The molecular formula is C28H31FN4O5. The number of carbonyl (C=O) groups is 2. The zero-order valence-electron chi connectivity index (χ0n) is 21.5. The molecule has 2 aromatic heterocycles. The Balaban J connectivity index is 1.28. The van der Waals surface area contributed by atoms with E-state index in [0.717, 1.165) is 16.8 Å². The van der Waals surface area contributed by atoms with E-state index >= 15 is 0 Å². The van der Waals surface area contributed by atoms with Crippen molar-refractivity contribution in [2.24, 2.45) is 11.3 Å². The smallest absolute Gasteiger partial charge is 0.309 e. The quantitative estimate of drug-likeness (QED) is 0.485. The molecule has 0 atom stereocenters. The van der Waals surface area contributed by atoms with E-state index in [4.69, 9.17) is 19.2 Å². The first-order valence-corrected chi connectivity index (χ1v) is 12.8. The minimum Gasteiger partial charge on any atom is -0.466 e. The fourth-order valence-corrected chi connectivity index (χ4v) is 4.90. The van der Waals surface area contributed by atoms with Gasteiger partial charge in [-0.15, -0.1) is 0 Å². The summed E-state index contributed by atoms with van der Waals surface area (Å²) in [5.74, 6) is -0.285. The second-order valence-electron chi connectivity index (χ2n) is 9.92. The molecular weight excluding hydrogens is 491 g/mol. The van der Waals surface area contributed by atoms with Crippen LogP contribution in [0.3, 0.4) is 0 Å². The molecule has 0 spiro atoms. The van der Waals surface area contributed by atoms with Gasteiger partial charge in [0.05, 0.1) is 42.5 Å². The van der Waals surface area contributed by atoms with Crippen molar-refractivity contribution in [1.29, 1.82) is 0 Å². The van der Waals surface area contributed by atoms with Gasteiger partial charge in [-0.2, -0.15) is 0 Å². The number of hydrogen-bond donors (Lipinski definition) is 1. The summed E-state index contributed by atoms with van der Waals surface area (Å²) in [5.41, 5.74) is 2.11. The van der Waals surface area contributed by atoms with Gasteiger partial charge in [0, 0.05) is 36.6 Å². The van der Waals surface area contributed by atoms with Gasteiger partial charge < -0.3 is 24.1 Å². The molecule has 38 heavy (non-hydrogen) atoms. The van der Waals surface area contributed by atoms with Crippen LogP contribution in [0.2, 0.25) is 0 Å². The van der Waals surface area contributed by atoms with Crippen LogP contribution in [0.1, 0.15) is 38.8 Å². The topological polar surface area (TPSA) is 107 Å². The second kappa shape index (κ2) is 11.0. The molecule has 200 valence electrons. The van der Waals surface area contributed by atoms with Gasteiger partial charge >= 0.3 is 5.97 Å². The highest BCUT2D eigenvalue weighted by Gasteiger charge is 2.44. The number of ether oxygens (including phenoxy) is 3. The molecule has 2 aliphatic rings. The van der Waals surface area contributed by atoms with E-state index in [1.807, 2.05) is 19.1 Å². The number of pyridine rings is 1. The maximum absolute atomic E-state index is 13.6. The predicted octanol–water partition coefficient (Wildman–Crippen LogP) is 4.13. The van der Waals surface area contributed by atoms with E-state index in [1.165, 1.54) is 12.1 Å². The molecule has 9 nitrogen and oxygen atoms in total. The number of rotatable bonds is 6. The van der Waals surface area contributed by atoms with Crippen LogP contribution in [0.5, 0.6) is 0 Å². The standard InChI is InChI=1S/C28H31FN4O5/c1-3-36-25(34)20-10-14-33(15-11-20)27(35)28(2)16-37-26(38-17-28)24-31-22(18-4-6-21(29)7-5-18)23(32-24)19-8-12-30-13-9-19/h4-9,12-13,20,26H,3,10-11,14-17H2,1-2H3,(H,31,32). The summed E-state index contributed by atoms with van der Waals surface area (Å²) in [5, 5.41) is 0. The number of hydrogen-bond acceptors (Lipinski definition) is 7. The molecule has 2 saturated heterocycles. The van der Waals surface area contributed by atoms with Gasteiger partial charge in [-0.25, -0.2) is 9.37 Å². The fourth-order valence-electron chi connectivity index (χ4n) is 4.90. The third-order valence-electron chi connectivity index (χ3n) is 7.06. The lowest BCUT2D eigenvalue weighted by molar-refractivity contribution is -0.234. The number of esters is 1. The van der Waals surface area contributed by atoms with Gasteiger partial charge in [-0.1, -0.05) is 0 Å². The zero-order valence-corrected chi connectivity index (χ0v) is 21.5. The Morgan fingerprint density at radius 3 is 2.37 bits per heavy atom. The summed E-state index contributed by atoms with van der Waals surface area (Å²) in [6, 6.07) is 9.83. The number of imidazole rings is 1. The Morgan fingerprint density at radius 2 is 1.74 bits per heavy atom. The number of halogens is 1. The zero-order chi connectivity index (χ0) is 26.7. The van der Waals surface area contributed by atoms with E-state index in [-0.39, 0.29) is 36.8 Å². The Kier molecular flexibility index (Phi) is 7.53. The summed E-state index contributed by atoms with van der Waals surface area (Å²) in [4.78, 5) is 39.3. The number of piperidine rings is 1. The van der Waals surface area contributed by atoms with E-state index in [1.54, 1.807) is 36.4 Å². The molecule has 1 N–H and O–H groups in total. The van der Waals surface area contributed by atoms with Gasteiger partial charge in [0.15, 0.2) is 5.82 Å². The summed E-state index contributed by atoms with van der Waals surface area (Å²) in [7, 11) is 0. The van der Waals surface area contributed by atoms with Crippen molar-refractivity contribution in [1.82, 2.24) is 19.9 Å². The number of likely N-dealkylation sites (tertiary alicyclic amines) is 1. The maximum Gasteiger partial charge on any atom is 0.309 e. The minimum atomic E-state index is -0.854. The van der Waals surface area contributed by atoms with E-state index in [2.05, 4.69) is 9.97 Å². The lowest BCUT2D eigenvalue weighted by Crippen LogP contribution is -2.52. The number of amides is 1. The van der Waals surface area contributed by atoms with Crippen molar-refractivity contribution in [2.75, 3.05) is 32.9 Å². The Labute approximate surface area is 220 Å². The summed E-state index contributed by atoms with van der Waals surface area (Å²) in [6.07, 6.45) is 3.75. The molecule has 0 radical (unpaired) electrons. The number of benzene rings is 1. The average Bonchev–Trinajstić information content (AvgIpc) is 3.39. The SMILES string of the molecule is CCOC(=O)C1CCN(C(=O)C2(C)COC(c3nc(-c4ccc(F)cc4)c(-c4ccncc4)[nH]3)OC2)CC1. The monoisotopic (exact) mass is 522 g/mol. The Hall–Kier alpha value is -3.63. The van der Waals surface area contributed by atoms with Crippen LogP contribution >= 0.6 is 0 Å². The second-order valence-corrected chi connectivity index (χ2v) is 9.92. The lowest BCUT2D eigenvalue weighted by atomic mass is 9.88. The average molecular weight is 523 g/mol. The molecule has 0 saturated carbocycles. The molecule has 3 aromatic rings. The van der Waals surface area contributed by atoms with Crippen molar-refractivity contribution in [3.8, 4) is 22.5 Å². The van der Waals surface area contributed by atoms with E-state index in [0.29, 0.717) is 44.1 Å². The lowest BCUT2D eigenvalue weighted by Gasteiger charge is -2.40. The molecule has 0 unspecified atom stereocenters. The summed E-state index contributed by atoms with van der Waals surface area (Å²) < 4.78 is 30.7. The largest absolute Gasteiger partial charge is 0.466 e. The normalized spacial score (nSPS) is 22.3. The summed E-state index contributed by atoms with van der Waals surface area (Å²) in [6.45, 7) is 5.29. The van der Waals surface area contributed by atoms with E-state index in [9.17, 15) is 14.0 Å². The van der Waals surface area contributed by atoms with Crippen LogP contribution in [0.25, 0.3) is 22.5 Å². The number of carbonyl (C=O) groups excluding carboxylic acids is 2. The van der Waals surface area contributed by atoms with Gasteiger partial charge in [0.2, 0.25) is 12.2 Å². The van der Waals surface area contributed by atoms with Gasteiger partial charge in [-0.3, -0.25) is 14.6 Å². The van der Waals surface area contributed by atoms with Crippen LogP contribution in [0.15, 0.2) is 48.8 Å². The first-order valence-electron chi connectivity index (χ1n) is 12.8. The first kappa shape index (κ1) is 26.0. The Morgan fingerprint density at radius 1 is 1.08 bits per heavy atom. The molecule has 5 rings (SSSR count). The fraction of sp³-hybridized carbons (Fsp3) is 0.429. The van der Waals surface area contributed by atoms with Gasteiger partial charge in [-0.05, 0) is 63.1 Å². The maximum atomic E-state index is 13.6. The third-order valence-corrected chi connectivity index (χ3v) is 7.06. The van der Waals surface area contributed by atoms with E-state index < -0.39 is 11.7 Å². The van der Waals surface area contributed by atoms with Gasteiger partial charge in [0.1, 0.15) is 5.82 Å². The number of nitrogens with zero attached hydrogens (tertiary/aromatic N) is 3. The van der Waals surface area contributed by atoms with Crippen LogP contribution in [-0.2, 0) is 23.8 Å². The molecule has 10 heteroatoms. The van der Waals surface area contributed by atoms with Crippen molar-refractivity contribution in [3.05, 3.63) is 60.4 Å². The molecule has 1 amide bonds. The number of aromatic nitrogens is 3. The van der Waals surface area contributed by atoms with Crippen LogP contribution in [-0.4, -0.2) is 64.6 Å². The minimum absolute atomic E-state index is 0.0535. The molecule has 1 aromatic carbocycles. The van der Waals surface area contributed by atoms with Crippen molar-refractivity contribution in [3.63, 3.8) is 0 Å². The third kappa shape index (κ3) is 5.32. The molecule has 0 bridgehead atoms. The van der Waals surface area contributed by atoms with Crippen molar-refractivity contribution in [2.45, 2.75) is 33.0 Å². The van der Waals surface area contributed by atoms with Crippen LogP contribution < -0.4 is 0 Å². The molecule has 0 aliphatic carbocycles. The predicted molar refractivity (Wildman–Crippen MR) is 136 cm³/mol. The number of H-pyrrole nitrogens is 1. The number of nitrogens with one attached hydrogen (secondary N) is 1.